The van der Waals surface area contributed by atoms with E-state index in [0.29, 0.717) is 18.4 Å². The van der Waals surface area contributed by atoms with Gasteiger partial charge in [0.25, 0.3) is 0 Å². The third-order valence-electron chi connectivity index (χ3n) is 2.51. The predicted octanol–water partition coefficient (Wildman–Crippen LogP) is -0.434. The maximum absolute atomic E-state index is 11.1. The summed E-state index contributed by atoms with van der Waals surface area (Å²) in [5.74, 6) is 1.00. The molecular formula is C9H14N2O3. The van der Waals surface area contributed by atoms with Crippen molar-refractivity contribution in [3.05, 3.63) is 0 Å². The molecule has 5 nitrogen and oxygen atoms in total. The Morgan fingerprint density at radius 1 is 1.71 bits per heavy atom. The van der Waals surface area contributed by atoms with Crippen LogP contribution in [0.25, 0.3) is 0 Å². The van der Waals surface area contributed by atoms with Crippen molar-refractivity contribution in [2.45, 2.75) is 12.5 Å². The molecule has 14 heavy (non-hydrogen) atoms. The number of hydrogen-bond donors (Lipinski definition) is 1. The first-order valence-corrected chi connectivity index (χ1v) is 4.77. The second-order valence-corrected chi connectivity index (χ2v) is 3.60. The smallest absolute Gasteiger partial charge is 0.334 e. The van der Waals surface area contributed by atoms with Crippen LogP contribution in [0.5, 0.6) is 0 Å². The first kappa shape index (κ1) is 9.45. The molecule has 2 aliphatic heterocycles. The third-order valence-corrected chi connectivity index (χ3v) is 2.51. The van der Waals surface area contributed by atoms with E-state index >= 15 is 0 Å². The van der Waals surface area contributed by atoms with Crippen molar-refractivity contribution >= 4 is 11.9 Å². The monoisotopic (exact) mass is 198 g/mol. The number of aliphatic imine (C=N–C) groups is 1. The van der Waals surface area contributed by atoms with Gasteiger partial charge >= 0.3 is 5.97 Å². The first-order chi connectivity index (χ1) is 6.79. The molecule has 0 radical (unpaired) electrons. The maximum Gasteiger partial charge on any atom is 0.334 e. The molecule has 1 atom stereocenters. The van der Waals surface area contributed by atoms with Crippen LogP contribution in [-0.2, 0) is 14.3 Å². The van der Waals surface area contributed by atoms with E-state index in [1.807, 2.05) is 0 Å². The van der Waals surface area contributed by atoms with Crippen molar-refractivity contribution in [2.24, 2.45) is 10.9 Å². The van der Waals surface area contributed by atoms with Gasteiger partial charge in [-0.05, 0) is 19.0 Å². The second-order valence-electron chi connectivity index (χ2n) is 3.60. The van der Waals surface area contributed by atoms with Crippen molar-refractivity contribution in [1.82, 2.24) is 5.32 Å². The zero-order chi connectivity index (χ0) is 9.97. The van der Waals surface area contributed by atoms with Crippen LogP contribution in [0.2, 0.25) is 0 Å². The number of methoxy groups -OCH3 is 1. The van der Waals surface area contributed by atoms with Gasteiger partial charge in [-0.25, -0.2) is 9.79 Å². The standard InChI is InChI=1S/C9H14N2O3/c1-13-9(12)7-5-14-8(11-7)2-6-3-10-4-6/h6-7,10H,2-5H2,1H3. The van der Waals surface area contributed by atoms with Gasteiger partial charge in [0, 0.05) is 6.42 Å². The van der Waals surface area contributed by atoms with E-state index in [1.165, 1.54) is 7.11 Å². The minimum atomic E-state index is -0.442. The van der Waals surface area contributed by atoms with E-state index in [0.717, 1.165) is 19.5 Å². The molecule has 0 aromatic carbocycles. The highest BCUT2D eigenvalue weighted by Crippen LogP contribution is 2.15. The fourth-order valence-electron chi connectivity index (χ4n) is 1.53. The largest absolute Gasteiger partial charge is 0.478 e. The molecule has 0 amide bonds. The highest BCUT2D eigenvalue weighted by atomic mass is 16.5. The maximum atomic E-state index is 11.1. The van der Waals surface area contributed by atoms with Crippen LogP contribution in [0.15, 0.2) is 4.99 Å². The topological polar surface area (TPSA) is 59.9 Å². The Bertz CT molecular complexity index is 261. The van der Waals surface area contributed by atoms with E-state index in [1.54, 1.807) is 0 Å². The summed E-state index contributed by atoms with van der Waals surface area (Å²) < 4.78 is 9.91. The summed E-state index contributed by atoms with van der Waals surface area (Å²) in [5, 5.41) is 3.18. The first-order valence-electron chi connectivity index (χ1n) is 4.77. The molecule has 5 heteroatoms. The highest BCUT2D eigenvalue weighted by Gasteiger charge is 2.29. The molecule has 1 fully saturated rings. The van der Waals surface area contributed by atoms with Crippen LogP contribution in [0.1, 0.15) is 6.42 Å². The van der Waals surface area contributed by atoms with Crippen LogP contribution in [0, 0.1) is 5.92 Å². The molecule has 0 aromatic heterocycles. The highest BCUT2D eigenvalue weighted by molar-refractivity contribution is 5.85. The van der Waals surface area contributed by atoms with E-state index in [2.05, 4.69) is 15.0 Å². The van der Waals surface area contributed by atoms with E-state index in [4.69, 9.17) is 4.74 Å². The fraction of sp³-hybridized carbons (Fsp3) is 0.778. The van der Waals surface area contributed by atoms with Gasteiger partial charge in [-0.15, -0.1) is 0 Å². The van der Waals surface area contributed by atoms with Crippen molar-refractivity contribution in [2.75, 3.05) is 26.8 Å². The van der Waals surface area contributed by atoms with Gasteiger partial charge in [0.2, 0.25) is 0 Å². The number of nitrogens with zero attached hydrogens (tertiary/aromatic N) is 1. The fourth-order valence-corrected chi connectivity index (χ4v) is 1.53. The van der Waals surface area contributed by atoms with Gasteiger partial charge in [-0.3, -0.25) is 0 Å². The van der Waals surface area contributed by atoms with Crippen LogP contribution in [0.3, 0.4) is 0 Å². The minimum absolute atomic E-state index is 0.313. The van der Waals surface area contributed by atoms with E-state index in [9.17, 15) is 4.79 Å². The molecule has 1 N–H and O–H groups in total. The molecule has 78 valence electrons. The molecular weight excluding hydrogens is 184 g/mol. The summed E-state index contributed by atoms with van der Waals surface area (Å²) in [4.78, 5) is 15.3. The zero-order valence-corrected chi connectivity index (χ0v) is 8.16. The number of carbonyl (C=O) groups excluding carboxylic acids is 1. The third kappa shape index (κ3) is 1.87. The van der Waals surface area contributed by atoms with Crippen LogP contribution in [0.4, 0.5) is 0 Å². The molecule has 0 spiro atoms. The average molecular weight is 198 g/mol. The zero-order valence-electron chi connectivity index (χ0n) is 8.16. The Hall–Kier alpha value is -1.10. The summed E-state index contributed by atoms with van der Waals surface area (Å²) in [6.45, 7) is 2.37. The number of rotatable bonds is 3. The van der Waals surface area contributed by atoms with Crippen molar-refractivity contribution < 1.29 is 14.3 Å². The molecule has 1 saturated heterocycles. The van der Waals surface area contributed by atoms with Gasteiger partial charge in [-0.1, -0.05) is 0 Å². The second kappa shape index (κ2) is 3.96. The van der Waals surface area contributed by atoms with Gasteiger partial charge in [0.05, 0.1) is 7.11 Å². The summed E-state index contributed by atoms with van der Waals surface area (Å²) in [7, 11) is 1.37. The van der Waals surface area contributed by atoms with E-state index in [-0.39, 0.29) is 5.97 Å². The number of hydrogen-bond acceptors (Lipinski definition) is 5. The van der Waals surface area contributed by atoms with Crippen LogP contribution < -0.4 is 5.32 Å². The molecule has 2 heterocycles. The Morgan fingerprint density at radius 2 is 2.50 bits per heavy atom. The number of ether oxygens (including phenoxy) is 2. The average Bonchev–Trinajstić information content (AvgIpc) is 2.58. The lowest BCUT2D eigenvalue weighted by molar-refractivity contribution is -0.142. The number of esters is 1. The Labute approximate surface area is 82.5 Å². The summed E-state index contributed by atoms with van der Waals surface area (Å²) >= 11 is 0. The summed E-state index contributed by atoms with van der Waals surface area (Å²) in [6, 6.07) is -0.442. The van der Waals surface area contributed by atoms with Crippen LogP contribution in [-0.4, -0.2) is 44.7 Å². The lowest BCUT2D eigenvalue weighted by Gasteiger charge is -2.26. The van der Waals surface area contributed by atoms with Gasteiger partial charge in [0.15, 0.2) is 11.9 Å². The summed E-state index contributed by atoms with van der Waals surface area (Å²) in [6.07, 6.45) is 0.834. The molecule has 0 aromatic rings. The Morgan fingerprint density at radius 3 is 3.07 bits per heavy atom. The lowest BCUT2D eigenvalue weighted by atomic mass is 10.00. The van der Waals surface area contributed by atoms with E-state index < -0.39 is 6.04 Å². The molecule has 2 rings (SSSR count). The van der Waals surface area contributed by atoms with Crippen molar-refractivity contribution in [3.8, 4) is 0 Å². The Balaban J connectivity index is 1.85. The lowest BCUT2D eigenvalue weighted by Crippen LogP contribution is -2.42. The quantitative estimate of drug-likeness (QED) is 0.625. The van der Waals surface area contributed by atoms with Crippen molar-refractivity contribution in [3.63, 3.8) is 0 Å². The van der Waals surface area contributed by atoms with Gasteiger partial charge < -0.3 is 14.8 Å². The minimum Gasteiger partial charge on any atom is -0.478 e. The Kier molecular flexibility index (Phi) is 2.67. The summed E-state index contributed by atoms with van der Waals surface area (Å²) in [5.41, 5.74) is 0. The molecule has 1 unspecified atom stereocenters. The van der Waals surface area contributed by atoms with Gasteiger partial charge in [-0.2, -0.15) is 0 Å². The normalized spacial score (nSPS) is 26.4. The number of nitrogens with one attached hydrogen (secondary N) is 1. The number of carbonyl (C=O) groups is 1. The molecule has 0 aliphatic carbocycles. The predicted molar refractivity (Wildman–Crippen MR) is 50.2 cm³/mol. The molecule has 2 aliphatic rings. The SMILES string of the molecule is COC(=O)C1COC(CC2CNC2)=N1. The molecule has 0 saturated carbocycles. The van der Waals surface area contributed by atoms with Crippen molar-refractivity contribution in [1.29, 1.82) is 0 Å². The molecule has 0 bridgehead atoms. The van der Waals surface area contributed by atoms with Gasteiger partial charge in [0.1, 0.15) is 6.61 Å². The van der Waals surface area contributed by atoms with Crippen LogP contribution >= 0.6 is 0 Å².